The van der Waals surface area contributed by atoms with Gasteiger partial charge in [0.2, 0.25) is 5.91 Å². The number of fused-ring (bicyclic) bond motifs is 1. The molecule has 3 atom stereocenters. The maximum atomic E-state index is 12.9. The van der Waals surface area contributed by atoms with Gasteiger partial charge in [-0.05, 0) is 31.4 Å². The third-order valence-corrected chi connectivity index (χ3v) is 6.98. The summed E-state index contributed by atoms with van der Waals surface area (Å²) >= 11 is 12.5. The van der Waals surface area contributed by atoms with Crippen LogP contribution in [0.3, 0.4) is 0 Å². The standard InChI is InChI=1S/C19H25Cl2N3O2/c20-15-3-4-16(25)18(19(15)21)12-9-14-2-1-13(10-17(26)24(14)11-12)23-7-5-22-6-8-23/h3-4,12-14,22,25H,1-2,5-11H2/t12-,13+,14+/m0/s1. The van der Waals surface area contributed by atoms with Crippen LogP contribution < -0.4 is 5.32 Å². The van der Waals surface area contributed by atoms with Gasteiger partial charge >= 0.3 is 0 Å². The Morgan fingerprint density at radius 3 is 2.62 bits per heavy atom. The molecule has 0 spiro atoms. The van der Waals surface area contributed by atoms with E-state index in [2.05, 4.69) is 10.2 Å². The predicted molar refractivity (Wildman–Crippen MR) is 103 cm³/mol. The minimum atomic E-state index is 0.0471. The first-order chi connectivity index (χ1) is 12.5. The highest BCUT2D eigenvalue weighted by molar-refractivity contribution is 6.42. The lowest BCUT2D eigenvalue weighted by atomic mass is 9.93. The Morgan fingerprint density at radius 2 is 1.85 bits per heavy atom. The number of piperazine rings is 1. The van der Waals surface area contributed by atoms with Crippen molar-refractivity contribution < 1.29 is 9.90 Å². The molecule has 1 aromatic carbocycles. The van der Waals surface area contributed by atoms with Gasteiger partial charge in [0.1, 0.15) is 5.75 Å². The molecule has 3 aliphatic heterocycles. The van der Waals surface area contributed by atoms with Crippen LogP contribution in [-0.2, 0) is 4.79 Å². The minimum Gasteiger partial charge on any atom is -0.508 e. The normalized spacial score (nSPS) is 30.3. The first-order valence-electron chi connectivity index (χ1n) is 9.45. The number of nitrogens with zero attached hydrogens (tertiary/aromatic N) is 2. The number of nitrogens with one attached hydrogen (secondary N) is 1. The summed E-state index contributed by atoms with van der Waals surface area (Å²) in [5.74, 6) is 0.454. The van der Waals surface area contributed by atoms with Crippen molar-refractivity contribution in [1.82, 2.24) is 15.1 Å². The number of benzene rings is 1. The van der Waals surface area contributed by atoms with E-state index in [4.69, 9.17) is 23.2 Å². The minimum absolute atomic E-state index is 0.0471. The fourth-order valence-electron chi connectivity index (χ4n) is 4.81. The molecule has 1 aromatic rings. The molecule has 26 heavy (non-hydrogen) atoms. The highest BCUT2D eigenvalue weighted by atomic mass is 35.5. The van der Waals surface area contributed by atoms with E-state index in [1.807, 2.05) is 4.90 Å². The molecule has 1 amide bonds. The van der Waals surface area contributed by atoms with Crippen LogP contribution >= 0.6 is 23.2 Å². The lowest BCUT2D eigenvalue weighted by Gasteiger charge is -2.34. The zero-order chi connectivity index (χ0) is 18.3. The molecule has 0 aliphatic carbocycles. The Bertz CT molecular complexity index is 694. The summed E-state index contributed by atoms with van der Waals surface area (Å²) in [6, 6.07) is 3.79. The molecule has 7 heteroatoms. The first kappa shape index (κ1) is 18.4. The van der Waals surface area contributed by atoms with E-state index < -0.39 is 0 Å². The summed E-state index contributed by atoms with van der Waals surface area (Å²) in [6.45, 7) is 4.68. The molecule has 3 saturated heterocycles. The number of hydrogen-bond donors (Lipinski definition) is 2. The van der Waals surface area contributed by atoms with Crippen LogP contribution in [0.1, 0.15) is 37.2 Å². The molecule has 4 rings (SSSR count). The second kappa shape index (κ2) is 7.55. The number of carbonyl (C=O) groups excluding carboxylic acids is 1. The number of phenolic OH excluding ortho intramolecular Hbond substituents is 1. The molecule has 0 unspecified atom stereocenters. The smallest absolute Gasteiger partial charge is 0.224 e. The lowest BCUT2D eigenvalue weighted by molar-refractivity contribution is -0.132. The zero-order valence-electron chi connectivity index (χ0n) is 14.8. The Morgan fingerprint density at radius 1 is 1.12 bits per heavy atom. The molecule has 3 fully saturated rings. The average Bonchev–Trinajstić information content (AvgIpc) is 3.00. The van der Waals surface area contributed by atoms with Gasteiger partial charge in [-0.2, -0.15) is 0 Å². The molecular formula is C19H25Cl2N3O2. The maximum absolute atomic E-state index is 12.9. The molecule has 3 aliphatic rings. The SMILES string of the molecule is O=C1C[C@H](N2CCNCC2)CC[C@@H]2C[C@H](c3c(O)ccc(Cl)c3Cl)CN12. The third-order valence-electron chi connectivity index (χ3n) is 6.16. The molecule has 0 aromatic heterocycles. The zero-order valence-corrected chi connectivity index (χ0v) is 16.3. The van der Waals surface area contributed by atoms with Crippen LogP contribution in [-0.4, -0.2) is 65.6 Å². The third kappa shape index (κ3) is 3.42. The van der Waals surface area contributed by atoms with E-state index in [0.29, 0.717) is 34.6 Å². The lowest BCUT2D eigenvalue weighted by Crippen LogP contribution is -2.49. The topological polar surface area (TPSA) is 55.8 Å². The van der Waals surface area contributed by atoms with Gasteiger partial charge in [0.25, 0.3) is 0 Å². The van der Waals surface area contributed by atoms with Crippen LogP contribution in [0.2, 0.25) is 10.0 Å². The quantitative estimate of drug-likeness (QED) is 0.805. The van der Waals surface area contributed by atoms with Gasteiger partial charge in [0.15, 0.2) is 0 Å². The monoisotopic (exact) mass is 397 g/mol. The van der Waals surface area contributed by atoms with Gasteiger partial charge in [0.05, 0.1) is 10.0 Å². The van der Waals surface area contributed by atoms with Crippen molar-refractivity contribution in [2.24, 2.45) is 0 Å². The van der Waals surface area contributed by atoms with Gasteiger partial charge in [-0.1, -0.05) is 23.2 Å². The number of halogens is 2. The second-order valence-corrected chi connectivity index (χ2v) is 8.43. The van der Waals surface area contributed by atoms with Crippen LogP contribution in [0.4, 0.5) is 0 Å². The van der Waals surface area contributed by atoms with E-state index in [-0.39, 0.29) is 23.6 Å². The Hall–Kier alpha value is -1.01. The number of phenols is 1. The molecule has 3 heterocycles. The molecule has 2 N–H and O–H groups in total. The maximum Gasteiger partial charge on any atom is 0.224 e. The van der Waals surface area contributed by atoms with Gasteiger partial charge < -0.3 is 15.3 Å². The first-order valence-corrected chi connectivity index (χ1v) is 10.2. The number of aromatic hydroxyl groups is 1. The van der Waals surface area contributed by atoms with Crippen LogP contribution in [0.25, 0.3) is 0 Å². The Labute approximate surface area is 164 Å². The van der Waals surface area contributed by atoms with Crippen molar-refractivity contribution >= 4 is 29.1 Å². The fraction of sp³-hybridized carbons (Fsp3) is 0.632. The van der Waals surface area contributed by atoms with Crippen molar-refractivity contribution in [3.8, 4) is 5.75 Å². The van der Waals surface area contributed by atoms with Gasteiger partial charge in [0, 0.05) is 62.7 Å². The summed E-state index contributed by atoms with van der Waals surface area (Å²) in [7, 11) is 0. The Balaban J connectivity index is 1.49. The number of hydrogen-bond acceptors (Lipinski definition) is 4. The molecule has 0 radical (unpaired) electrons. The Kier molecular flexibility index (Phi) is 5.33. The van der Waals surface area contributed by atoms with E-state index in [9.17, 15) is 9.90 Å². The summed E-state index contributed by atoms with van der Waals surface area (Å²) < 4.78 is 0. The average molecular weight is 398 g/mol. The van der Waals surface area contributed by atoms with Crippen molar-refractivity contribution in [2.75, 3.05) is 32.7 Å². The second-order valence-electron chi connectivity index (χ2n) is 7.65. The number of rotatable bonds is 2. The number of amides is 1. The summed E-state index contributed by atoms with van der Waals surface area (Å²) in [5.41, 5.74) is 0.693. The van der Waals surface area contributed by atoms with Crippen molar-refractivity contribution in [1.29, 1.82) is 0 Å². The van der Waals surface area contributed by atoms with Crippen molar-refractivity contribution in [2.45, 2.75) is 43.7 Å². The molecule has 142 valence electrons. The van der Waals surface area contributed by atoms with Crippen LogP contribution in [0.5, 0.6) is 5.75 Å². The molecule has 0 saturated carbocycles. The highest BCUT2D eigenvalue weighted by Gasteiger charge is 2.41. The van der Waals surface area contributed by atoms with Gasteiger partial charge in [-0.3, -0.25) is 9.69 Å². The predicted octanol–water partition coefficient (Wildman–Crippen LogP) is 2.84. The fourth-order valence-corrected chi connectivity index (χ4v) is 5.29. The summed E-state index contributed by atoms with van der Waals surface area (Å²) in [6.07, 6.45) is 3.50. The molecular weight excluding hydrogens is 373 g/mol. The largest absolute Gasteiger partial charge is 0.508 e. The van der Waals surface area contributed by atoms with E-state index >= 15 is 0 Å². The van der Waals surface area contributed by atoms with Crippen LogP contribution in [0.15, 0.2) is 12.1 Å². The van der Waals surface area contributed by atoms with E-state index in [0.717, 1.165) is 45.4 Å². The molecule has 0 bridgehead atoms. The highest BCUT2D eigenvalue weighted by Crippen LogP contribution is 2.44. The van der Waals surface area contributed by atoms with Gasteiger partial charge in [-0.25, -0.2) is 0 Å². The summed E-state index contributed by atoms with van der Waals surface area (Å²) in [5, 5.41) is 14.5. The van der Waals surface area contributed by atoms with E-state index in [1.165, 1.54) is 0 Å². The van der Waals surface area contributed by atoms with Crippen molar-refractivity contribution in [3.05, 3.63) is 27.7 Å². The summed E-state index contributed by atoms with van der Waals surface area (Å²) in [4.78, 5) is 17.4. The van der Waals surface area contributed by atoms with Crippen LogP contribution in [0, 0.1) is 0 Å². The molecule has 5 nitrogen and oxygen atoms in total. The number of carbonyl (C=O) groups is 1. The van der Waals surface area contributed by atoms with Gasteiger partial charge in [-0.15, -0.1) is 0 Å². The van der Waals surface area contributed by atoms with Crippen molar-refractivity contribution in [3.63, 3.8) is 0 Å². The van der Waals surface area contributed by atoms with E-state index in [1.54, 1.807) is 12.1 Å².